The molecule has 0 aliphatic carbocycles. The summed E-state index contributed by atoms with van der Waals surface area (Å²) in [4.78, 5) is 8.98. The molecule has 0 bridgehead atoms. The Hall–Kier alpha value is -1.87. The van der Waals surface area contributed by atoms with Gasteiger partial charge < -0.3 is 20.5 Å². The van der Waals surface area contributed by atoms with Crippen LogP contribution in [0.5, 0.6) is 5.88 Å². The van der Waals surface area contributed by atoms with Gasteiger partial charge in [0, 0.05) is 32.0 Å². The summed E-state index contributed by atoms with van der Waals surface area (Å²) < 4.78 is 5.81. The molecule has 1 unspecified atom stereocenters. The van der Waals surface area contributed by atoms with Gasteiger partial charge in [-0.15, -0.1) is 24.0 Å². The summed E-state index contributed by atoms with van der Waals surface area (Å²) in [6.07, 6.45) is 4.78. The lowest BCUT2D eigenvalue weighted by molar-refractivity contribution is 0.251. The molecule has 0 spiro atoms. The maximum atomic E-state index is 9.23. The summed E-state index contributed by atoms with van der Waals surface area (Å²) in [5.74, 6) is 1.84. The van der Waals surface area contributed by atoms with Crippen LogP contribution in [0.1, 0.15) is 44.2 Å². The molecule has 2 rings (SSSR count). The second-order valence-electron chi connectivity index (χ2n) is 7.02. The average molecular weight is 526 g/mol. The van der Waals surface area contributed by atoms with Gasteiger partial charge in [-0.25, -0.2) is 9.98 Å². The molecule has 166 valence electrons. The Morgan fingerprint density at radius 1 is 1.10 bits per heavy atom. The van der Waals surface area contributed by atoms with Crippen molar-refractivity contribution in [3.05, 3.63) is 59.8 Å². The summed E-state index contributed by atoms with van der Waals surface area (Å²) >= 11 is 0. The number of halogens is 1. The number of aliphatic hydroxyl groups is 1. The highest BCUT2D eigenvalue weighted by atomic mass is 127. The molecular weight excluding hydrogens is 491 g/mol. The van der Waals surface area contributed by atoms with E-state index in [1.165, 1.54) is 0 Å². The van der Waals surface area contributed by atoms with Gasteiger partial charge in [-0.3, -0.25) is 0 Å². The topological polar surface area (TPSA) is 78.8 Å². The quantitative estimate of drug-likeness (QED) is 0.220. The van der Waals surface area contributed by atoms with Crippen molar-refractivity contribution < 1.29 is 9.84 Å². The van der Waals surface area contributed by atoms with Crippen LogP contribution in [0.2, 0.25) is 0 Å². The van der Waals surface area contributed by atoms with Crippen molar-refractivity contribution in [1.29, 1.82) is 0 Å². The van der Waals surface area contributed by atoms with E-state index in [1.54, 1.807) is 6.20 Å². The van der Waals surface area contributed by atoms with Crippen molar-refractivity contribution in [2.75, 3.05) is 19.7 Å². The summed E-state index contributed by atoms with van der Waals surface area (Å²) in [7, 11) is 0. The van der Waals surface area contributed by atoms with Crippen LogP contribution in [0.15, 0.2) is 53.7 Å². The standard InChI is InChI=1S/C23H34N4O2.HI/c1-3-8-19(12-14-28)16-26-23(24-4-2)27-17-21-11-13-25-22(15-21)29-18-20-9-6-5-7-10-20;/h5-7,9-11,13,15,19,28H,3-4,8,12,14,16-18H2,1-2H3,(H2,24,26,27);1H. The maximum Gasteiger partial charge on any atom is 0.213 e. The van der Waals surface area contributed by atoms with Gasteiger partial charge in [0.05, 0.1) is 6.54 Å². The van der Waals surface area contributed by atoms with Crippen molar-refractivity contribution in [3.8, 4) is 5.88 Å². The first-order valence-electron chi connectivity index (χ1n) is 10.5. The van der Waals surface area contributed by atoms with Crippen LogP contribution in [-0.4, -0.2) is 35.7 Å². The fraction of sp³-hybridized carbons (Fsp3) is 0.478. The van der Waals surface area contributed by atoms with E-state index in [9.17, 15) is 5.11 Å². The third-order valence-corrected chi connectivity index (χ3v) is 4.59. The first-order chi connectivity index (χ1) is 14.2. The molecule has 0 aliphatic heterocycles. The van der Waals surface area contributed by atoms with Gasteiger partial charge in [-0.2, -0.15) is 0 Å². The number of aliphatic imine (C=N–C) groups is 1. The lowest BCUT2D eigenvalue weighted by atomic mass is 10.0. The molecule has 2 aromatic rings. The largest absolute Gasteiger partial charge is 0.473 e. The zero-order valence-electron chi connectivity index (χ0n) is 18.0. The summed E-state index contributed by atoms with van der Waals surface area (Å²) in [5.41, 5.74) is 2.15. The van der Waals surface area contributed by atoms with E-state index in [-0.39, 0.29) is 30.6 Å². The molecule has 0 aliphatic rings. The molecule has 1 heterocycles. The van der Waals surface area contributed by atoms with Gasteiger partial charge in [0.1, 0.15) is 6.61 Å². The van der Waals surface area contributed by atoms with Crippen molar-refractivity contribution in [2.24, 2.45) is 10.9 Å². The smallest absolute Gasteiger partial charge is 0.213 e. The normalized spacial score (nSPS) is 12.0. The molecule has 0 fully saturated rings. The molecule has 1 aromatic heterocycles. The van der Waals surface area contributed by atoms with Crippen LogP contribution in [-0.2, 0) is 13.2 Å². The van der Waals surface area contributed by atoms with Gasteiger partial charge in [0.2, 0.25) is 5.88 Å². The molecule has 30 heavy (non-hydrogen) atoms. The zero-order chi connectivity index (χ0) is 20.7. The molecule has 0 saturated heterocycles. The number of rotatable bonds is 12. The van der Waals surface area contributed by atoms with Crippen LogP contribution >= 0.6 is 24.0 Å². The number of aromatic nitrogens is 1. The van der Waals surface area contributed by atoms with Gasteiger partial charge in [-0.05, 0) is 42.9 Å². The summed E-state index contributed by atoms with van der Waals surface area (Å²) in [5, 5.41) is 15.9. The minimum Gasteiger partial charge on any atom is -0.473 e. The number of guanidine groups is 1. The van der Waals surface area contributed by atoms with Crippen LogP contribution in [0.25, 0.3) is 0 Å². The van der Waals surface area contributed by atoms with Crippen molar-refractivity contribution in [3.63, 3.8) is 0 Å². The van der Waals surface area contributed by atoms with Crippen LogP contribution in [0.3, 0.4) is 0 Å². The van der Waals surface area contributed by atoms with E-state index < -0.39 is 0 Å². The number of nitrogens with zero attached hydrogens (tertiary/aromatic N) is 2. The summed E-state index contributed by atoms with van der Waals surface area (Å²) in [6, 6.07) is 13.9. The fourth-order valence-electron chi connectivity index (χ4n) is 3.05. The van der Waals surface area contributed by atoms with E-state index in [2.05, 4.69) is 34.5 Å². The van der Waals surface area contributed by atoms with E-state index in [0.717, 1.165) is 49.4 Å². The van der Waals surface area contributed by atoms with Gasteiger partial charge >= 0.3 is 0 Å². The van der Waals surface area contributed by atoms with Crippen molar-refractivity contribution in [2.45, 2.75) is 46.3 Å². The molecule has 7 heteroatoms. The number of pyridine rings is 1. The van der Waals surface area contributed by atoms with E-state index >= 15 is 0 Å². The molecule has 0 amide bonds. The number of hydrogen-bond acceptors (Lipinski definition) is 4. The minimum atomic E-state index is 0. The number of nitrogens with one attached hydrogen (secondary N) is 2. The van der Waals surface area contributed by atoms with E-state index in [0.29, 0.717) is 24.9 Å². The molecule has 0 radical (unpaired) electrons. The van der Waals surface area contributed by atoms with Crippen molar-refractivity contribution in [1.82, 2.24) is 15.6 Å². The Balaban J connectivity index is 0.00000450. The SMILES string of the molecule is CCCC(CCO)CNC(=NCc1ccnc(OCc2ccccc2)c1)NCC.I. The molecule has 3 N–H and O–H groups in total. The van der Waals surface area contributed by atoms with Crippen LogP contribution < -0.4 is 15.4 Å². The predicted octanol–water partition coefficient (Wildman–Crippen LogP) is 4.13. The highest BCUT2D eigenvalue weighted by molar-refractivity contribution is 14.0. The zero-order valence-corrected chi connectivity index (χ0v) is 20.3. The number of hydrogen-bond donors (Lipinski definition) is 3. The maximum absolute atomic E-state index is 9.23. The number of aliphatic hydroxyl groups excluding tert-OH is 1. The molecule has 1 aromatic carbocycles. The van der Waals surface area contributed by atoms with E-state index in [1.807, 2.05) is 42.5 Å². The molecule has 1 atom stereocenters. The van der Waals surface area contributed by atoms with Gasteiger partial charge in [-0.1, -0.05) is 43.7 Å². The number of ether oxygens (including phenoxy) is 1. The number of benzene rings is 1. The highest BCUT2D eigenvalue weighted by Gasteiger charge is 2.08. The first kappa shape index (κ1) is 26.2. The Labute approximate surface area is 197 Å². The van der Waals surface area contributed by atoms with Gasteiger partial charge in [0.15, 0.2) is 5.96 Å². The minimum absolute atomic E-state index is 0. The summed E-state index contributed by atoms with van der Waals surface area (Å²) in [6.45, 7) is 7.09. The fourth-order valence-corrected chi connectivity index (χ4v) is 3.05. The Kier molecular flexibility index (Phi) is 13.9. The van der Waals surface area contributed by atoms with Crippen LogP contribution in [0, 0.1) is 5.92 Å². The first-order valence-corrected chi connectivity index (χ1v) is 10.5. The Bertz CT molecular complexity index is 722. The molecular formula is C23H35IN4O2. The third-order valence-electron chi connectivity index (χ3n) is 4.59. The molecule has 0 saturated carbocycles. The highest BCUT2D eigenvalue weighted by Crippen LogP contribution is 2.13. The Morgan fingerprint density at radius 3 is 2.60 bits per heavy atom. The lowest BCUT2D eigenvalue weighted by Gasteiger charge is -2.18. The third kappa shape index (κ3) is 10.2. The van der Waals surface area contributed by atoms with Gasteiger partial charge in [0.25, 0.3) is 0 Å². The monoisotopic (exact) mass is 526 g/mol. The lowest BCUT2D eigenvalue weighted by Crippen LogP contribution is -2.40. The molecule has 6 nitrogen and oxygen atoms in total. The van der Waals surface area contributed by atoms with Crippen molar-refractivity contribution >= 4 is 29.9 Å². The second-order valence-corrected chi connectivity index (χ2v) is 7.02. The van der Waals surface area contributed by atoms with Crippen LogP contribution in [0.4, 0.5) is 0 Å². The second kappa shape index (κ2) is 15.9. The average Bonchev–Trinajstić information content (AvgIpc) is 2.75. The van der Waals surface area contributed by atoms with E-state index in [4.69, 9.17) is 4.74 Å². The predicted molar refractivity (Wildman–Crippen MR) is 133 cm³/mol. The Morgan fingerprint density at radius 2 is 1.90 bits per heavy atom.